The Morgan fingerprint density at radius 1 is 0.723 bits per heavy atom. The number of hydrogen-bond acceptors (Lipinski definition) is 9. The molecule has 3 aromatic rings. The Hall–Kier alpha value is -3.36. The van der Waals surface area contributed by atoms with Gasteiger partial charge < -0.3 is 19.9 Å². The van der Waals surface area contributed by atoms with Gasteiger partial charge in [0.2, 0.25) is 0 Å². The Bertz CT molecular complexity index is 1660. The molecule has 0 spiro atoms. The summed E-state index contributed by atoms with van der Waals surface area (Å²) in [4.78, 5) is 6.57. The molecule has 256 valence electrons. The van der Waals surface area contributed by atoms with E-state index in [4.69, 9.17) is 4.74 Å². The summed E-state index contributed by atoms with van der Waals surface area (Å²) in [6.45, 7) is 10.1. The fraction of sp³-hybridized carbons (Fsp3) is 0.471. The monoisotopic (exact) mass is 684 g/mol. The van der Waals surface area contributed by atoms with Crippen molar-refractivity contribution in [3.63, 3.8) is 0 Å². The van der Waals surface area contributed by atoms with Crippen molar-refractivity contribution in [3.05, 3.63) is 72.8 Å². The van der Waals surface area contributed by atoms with Crippen molar-refractivity contribution in [3.8, 4) is 0 Å². The van der Waals surface area contributed by atoms with E-state index >= 15 is 0 Å². The van der Waals surface area contributed by atoms with Crippen LogP contribution in [0.3, 0.4) is 0 Å². The molecule has 0 aromatic heterocycles. The second kappa shape index (κ2) is 15.7. The number of rotatable bonds is 15. The van der Waals surface area contributed by atoms with Crippen LogP contribution in [0.4, 0.5) is 22.7 Å². The zero-order valence-electron chi connectivity index (χ0n) is 27.7. The van der Waals surface area contributed by atoms with Gasteiger partial charge >= 0.3 is 0 Å². The molecule has 5 rings (SSSR count). The van der Waals surface area contributed by atoms with Gasteiger partial charge in [0.25, 0.3) is 20.0 Å². The number of para-hydroxylation sites is 2. The molecule has 0 aliphatic carbocycles. The molecule has 0 atom stereocenters. The Kier molecular flexibility index (Phi) is 11.7. The third-order valence-electron chi connectivity index (χ3n) is 9.03. The number of likely N-dealkylation sites (tertiary alicyclic amines) is 1. The number of hydrogen-bond donors (Lipinski definition) is 1. The first-order valence-electron chi connectivity index (χ1n) is 16.4. The van der Waals surface area contributed by atoms with Gasteiger partial charge in [-0.2, -0.15) is 0 Å². The van der Waals surface area contributed by atoms with Crippen molar-refractivity contribution in [2.75, 3.05) is 105 Å². The third kappa shape index (κ3) is 8.21. The van der Waals surface area contributed by atoms with Gasteiger partial charge in [0, 0.05) is 59.9 Å². The van der Waals surface area contributed by atoms with Gasteiger partial charge in [-0.05, 0) is 69.3 Å². The number of nitrogens with zero attached hydrogens (tertiary/aromatic N) is 5. The molecule has 2 aliphatic heterocycles. The Balaban J connectivity index is 1.62. The number of likely N-dealkylation sites (N-methyl/N-ethyl adjacent to an activating group) is 1. The van der Waals surface area contributed by atoms with Gasteiger partial charge in [0.1, 0.15) is 9.79 Å². The highest BCUT2D eigenvalue weighted by Gasteiger charge is 2.33. The maximum Gasteiger partial charge on any atom is 0.266 e. The normalized spacial score (nSPS) is 16.2. The number of anilines is 4. The summed E-state index contributed by atoms with van der Waals surface area (Å²) < 4.78 is 65.8. The van der Waals surface area contributed by atoms with E-state index in [2.05, 4.69) is 20.0 Å². The van der Waals surface area contributed by atoms with E-state index in [1.807, 2.05) is 19.1 Å². The smallest absolute Gasteiger partial charge is 0.266 e. The second-order valence-electron chi connectivity index (χ2n) is 11.9. The topological polar surface area (TPSA) is 106 Å². The molecule has 47 heavy (non-hydrogen) atoms. The molecule has 13 heteroatoms. The Morgan fingerprint density at radius 3 is 1.81 bits per heavy atom. The highest BCUT2D eigenvalue weighted by atomic mass is 32.2. The van der Waals surface area contributed by atoms with Crippen LogP contribution in [-0.2, 0) is 24.8 Å². The van der Waals surface area contributed by atoms with Gasteiger partial charge in [-0.15, -0.1) is 0 Å². The highest BCUT2D eigenvalue weighted by molar-refractivity contribution is 7.93. The van der Waals surface area contributed by atoms with E-state index in [9.17, 15) is 16.8 Å². The van der Waals surface area contributed by atoms with Gasteiger partial charge in [0.15, 0.2) is 0 Å². The summed E-state index contributed by atoms with van der Waals surface area (Å²) in [6, 6.07) is 20.7. The Labute approximate surface area is 280 Å². The minimum atomic E-state index is -4.20. The lowest BCUT2D eigenvalue weighted by atomic mass is 10.2. The average molecular weight is 685 g/mol. The molecule has 2 heterocycles. The summed E-state index contributed by atoms with van der Waals surface area (Å²) in [7, 11) is -5.39. The minimum Gasteiger partial charge on any atom is -0.383 e. The van der Waals surface area contributed by atoms with E-state index in [1.165, 1.54) is 28.8 Å². The molecular weight excluding hydrogens is 637 g/mol. The van der Waals surface area contributed by atoms with E-state index in [-0.39, 0.29) is 9.79 Å². The summed E-state index contributed by atoms with van der Waals surface area (Å²) in [5, 5.41) is 3.40. The summed E-state index contributed by atoms with van der Waals surface area (Å²) >= 11 is 0. The molecular formula is C34H48N6O5S2. The molecule has 11 nitrogen and oxygen atoms in total. The lowest BCUT2D eigenvalue weighted by molar-refractivity contribution is 0.0398. The Morgan fingerprint density at radius 2 is 1.26 bits per heavy atom. The largest absolute Gasteiger partial charge is 0.383 e. The van der Waals surface area contributed by atoms with E-state index in [0.29, 0.717) is 62.1 Å². The van der Waals surface area contributed by atoms with Gasteiger partial charge in [0.05, 0.1) is 36.0 Å². The van der Waals surface area contributed by atoms with Crippen LogP contribution in [0.25, 0.3) is 0 Å². The van der Waals surface area contributed by atoms with E-state index in [0.717, 1.165) is 45.6 Å². The van der Waals surface area contributed by atoms with E-state index < -0.39 is 20.0 Å². The van der Waals surface area contributed by atoms with Crippen LogP contribution in [0.2, 0.25) is 0 Å². The fourth-order valence-corrected chi connectivity index (χ4v) is 8.95. The molecule has 3 aromatic carbocycles. The van der Waals surface area contributed by atoms with Gasteiger partial charge in [-0.1, -0.05) is 36.4 Å². The van der Waals surface area contributed by atoms with Gasteiger partial charge in [-0.25, -0.2) is 16.8 Å². The zero-order chi connectivity index (χ0) is 33.4. The van der Waals surface area contributed by atoms with Crippen molar-refractivity contribution in [1.29, 1.82) is 0 Å². The average Bonchev–Trinajstić information content (AvgIpc) is 3.63. The van der Waals surface area contributed by atoms with Crippen molar-refractivity contribution in [1.82, 2.24) is 9.80 Å². The highest BCUT2D eigenvalue weighted by Crippen LogP contribution is 2.38. The standard InChI is InChI=1S/C34H48N6O5S2/c1-4-40(22-21-38-18-11-12-19-38)32-27-31(35-17-20-39-23-25-45-26-24-39)33(46(41,42)36(2)29-13-7-5-8-14-29)28-34(32)47(43,44)37(3)30-15-9-6-10-16-30/h5-10,13-16,27-28,35H,4,11-12,17-26H2,1-3H3. The molecule has 1 N–H and O–H groups in total. The maximum atomic E-state index is 14.5. The maximum absolute atomic E-state index is 14.5. The molecule has 0 radical (unpaired) electrons. The van der Waals surface area contributed by atoms with Crippen molar-refractivity contribution < 1.29 is 21.6 Å². The first-order valence-corrected chi connectivity index (χ1v) is 19.3. The van der Waals surface area contributed by atoms with Crippen LogP contribution in [0.5, 0.6) is 0 Å². The van der Waals surface area contributed by atoms with Crippen molar-refractivity contribution in [2.45, 2.75) is 29.6 Å². The SMILES string of the molecule is CCN(CCN1CCCC1)c1cc(NCCN2CCOCC2)c(S(=O)(=O)N(C)c2ccccc2)cc1S(=O)(=O)N(C)c1ccccc1. The first-order chi connectivity index (χ1) is 22.6. The molecule has 0 saturated carbocycles. The summed E-state index contributed by atoms with van der Waals surface area (Å²) in [5.74, 6) is 0. The molecule has 2 fully saturated rings. The quantitative estimate of drug-likeness (QED) is 0.254. The second-order valence-corrected chi connectivity index (χ2v) is 15.8. The first kappa shape index (κ1) is 35.0. The molecule has 2 aliphatic rings. The lowest BCUT2D eigenvalue weighted by Crippen LogP contribution is -2.39. The predicted molar refractivity (Wildman–Crippen MR) is 190 cm³/mol. The number of sulfonamides is 2. The third-order valence-corrected chi connectivity index (χ3v) is 12.7. The predicted octanol–water partition coefficient (Wildman–Crippen LogP) is 4.00. The number of ether oxygens (including phenoxy) is 1. The van der Waals surface area contributed by atoms with Crippen LogP contribution in [0.15, 0.2) is 82.6 Å². The van der Waals surface area contributed by atoms with Crippen LogP contribution in [0, 0.1) is 0 Å². The minimum absolute atomic E-state index is 0.0501. The van der Waals surface area contributed by atoms with E-state index in [1.54, 1.807) is 54.6 Å². The summed E-state index contributed by atoms with van der Waals surface area (Å²) in [6.07, 6.45) is 2.32. The fourth-order valence-electron chi connectivity index (χ4n) is 6.09. The lowest BCUT2D eigenvalue weighted by Gasteiger charge is -2.31. The van der Waals surface area contributed by atoms with Crippen LogP contribution < -0.4 is 18.8 Å². The molecule has 0 amide bonds. The van der Waals surface area contributed by atoms with Crippen LogP contribution in [0.1, 0.15) is 19.8 Å². The molecule has 2 saturated heterocycles. The zero-order valence-corrected chi connectivity index (χ0v) is 29.3. The van der Waals surface area contributed by atoms with Gasteiger partial charge in [-0.3, -0.25) is 13.5 Å². The number of nitrogens with one attached hydrogen (secondary N) is 1. The summed E-state index contributed by atoms with van der Waals surface area (Å²) in [5.41, 5.74) is 1.81. The number of benzene rings is 3. The number of morpholine rings is 1. The molecule has 0 unspecified atom stereocenters. The van der Waals surface area contributed by atoms with Crippen molar-refractivity contribution in [2.24, 2.45) is 0 Å². The van der Waals surface area contributed by atoms with Crippen LogP contribution >= 0.6 is 0 Å². The molecule has 0 bridgehead atoms. The van der Waals surface area contributed by atoms with Crippen LogP contribution in [-0.4, -0.2) is 113 Å². The van der Waals surface area contributed by atoms with Crippen molar-refractivity contribution >= 4 is 42.8 Å².